The average Bonchev–Trinajstić information content (AvgIpc) is 1.62. The molecule has 7 aromatic rings. The standard InChI is InChI=1S/C20H21NO3.C20H19NO3.C16H21NO4.C12H11NO3.C11H9NO4.C7H17NO2.CH2O3.Na/c2*22-16(13-12-15-7-2-1-3-8-15)9-6-14-21-19(23)17-10-4-5-11-18(17)20(21)24;1-3-20-14(21-4-2)10-7-11-17-15(18)12-8-5-6-9-13(12)16(17)19;14-8-4-3-7-13-11(15)9-5-1-2-6-10(9)12(13)16;1-2-16-11(15)12-9(13)7-5-3-4-6-8(7)10(12)14;1-3-10-7(9-2)5-4-6-8;2-1-4-3;/h1-5,7-8,10-11,16,22H,6,9,12-14H2;1-5,7-8,10-11H,6,9,12-14H2;5-6,8-9,14H,3-4,7,10-11H2,1-2H3;1-2,5-6,8H,3-4,7H2;3-6H,2H2,1H3;7H,3-6,8H2,1-2H3;1,3H;/q;;;;;;;+1/p-1. The zero-order valence-corrected chi connectivity index (χ0v) is 68.3. The largest absolute Gasteiger partial charge is 1.00 e. The number of carbonyl (C=O) groups is 14. The van der Waals surface area contributed by atoms with E-state index in [0.717, 1.165) is 37.5 Å². The summed E-state index contributed by atoms with van der Waals surface area (Å²) in [5, 5.41) is 18.5. The van der Waals surface area contributed by atoms with Gasteiger partial charge in [-0.3, -0.25) is 77.1 Å². The quantitative estimate of drug-likeness (QED) is 0.00743. The molecule has 12 rings (SSSR count). The van der Waals surface area contributed by atoms with Gasteiger partial charge in [0.2, 0.25) is 0 Å². The van der Waals surface area contributed by atoms with Crippen molar-refractivity contribution in [3.05, 3.63) is 249 Å². The number of Topliss-reactive ketones (excluding diaryl/α,β-unsaturated/α-hetero) is 1. The SMILES string of the molecule is CCOC(=O)N1C(=O)c2ccccc2C1=O.CCOC(CCCN)OC.CCOC(CCCN1C(=O)c2ccccc2C1=O)OCC.O=C(CCCN1C(=O)c2ccccc2C1=O)CCc1ccccc1.O=C1c2ccccc2C(=O)N1CCCC(O)CCc1ccccc1.O=CCCCN1C(=O)c2ccccc2C1=O.O=CO[O-].[Na+]. The molecule has 0 aliphatic carbocycles. The van der Waals surface area contributed by atoms with Crippen LogP contribution >= 0.6 is 0 Å². The Morgan fingerprint density at radius 3 is 1.04 bits per heavy atom. The minimum atomic E-state index is -0.922. The maximum Gasteiger partial charge on any atom is 1.00 e. The second-order valence-corrected chi connectivity index (χ2v) is 25.9. The Labute approximate surface area is 696 Å². The average molecular weight is 1600 g/mol. The fourth-order valence-electron chi connectivity index (χ4n) is 12.5. The van der Waals surface area contributed by atoms with Crippen molar-refractivity contribution in [3.63, 3.8) is 0 Å². The number of carbonyl (C=O) groups excluding carboxylic acids is 14. The zero-order chi connectivity index (χ0) is 83.6. The fourth-order valence-corrected chi connectivity index (χ4v) is 12.5. The molecule has 11 amide bonds. The number of amides is 11. The van der Waals surface area contributed by atoms with Crippen molar-refractivity contribution in [2.24, 2.45) is 5.73 Å². The van der Waals surface area contributed by atoms with Gasteiger partial charge in [0.05, 0.1) is 68.3 Å². The number of unbranched alkanes of at least 4 members (excludes halogenated alkanes) is 1. The number of benzene rings is 7. The molecule has 7 aromatic carbocycles. The predicted octanol–water partition coefficient (Wildman–Crippen LogP) is 7.66. The second kappa shape index (κ2) is 52.0. The van der Waals surface area contributed by atoms with Crippen molar-refractivity contribution < 1.29 is 136 Å². The Kier molecular flexibility index (Phi) is 42.9. The van der Waals surface area contributed by atoms with E-state index in [1.165, 1.54) is 37.3 Å². The Balaban J connectivity index is 0.000000250. The molecule has 5 aliphatic heterocycles. The maximum absolute atomic E-state index is 12.2. The van der Waals surface area contributed by atoms with E-state index in [0.29, 0.717) is 166 Å². The number of nitrogens with zero attached hydrogens (tertiary/aromatic N) is 5. The number of rotatable bonds is 34. The van der Waals surface area contributed by atoms with Gasteiger partial charge in [0, 0.05) is 78.8 Å². The molecule has 0 radical (unpaired) electrons. The van der Waals surface area contributed by atoms with Gasteiger partial charge in [-0.15, -0.1) is 0 Å². The van der Waals surface area contributed by atoms with Gasteiger partial charge in [-0.25, -0.2) is 4.79 Å². The molecule has 610 valence electrons. The molecule has 5 aliphatic rings. The number of fused-ring (bicyclic) bond motifs is 5. The number of hydrogen-bond donors (Lipinski definition) is 2. The number of aldehydes is 1. The number of nitrogens with two attached hydrogens (primary N) is 1. The molecule has 0 fully saturated rings. The summed E-state index contributed by atoms with van der Waals surface area (Å²) in [6.07, 6.45) is 8.02. The fraction of sp³-hybridized carbons (Fsp3) is 0.356. The van der Waals surface area contributed by atoms with E-state index < -0.39 is 24.0 Å². The van der Waals surface area contributed by atoms with Crippen LogP contribution in [0.25, 0.3) is 0 Å². The van der Waals surface area contributed by atoms with Gasteiger partial charge in [-0.1, -0.05) is 121 Å². The molecule has 0 spiro atoms. The van der Waals surface area contributed by atoms with Crippen LogP contribution in [0.4, 0.5) is 4.79 Å². The van der Waals surface area contributed by atoms with E-state index in [1.807, 2.05) is 81.4 Å². The number of aryl methyl sites for hydroxylation is 2. The molecule has 0 bridgehead atoms. The van der Waals surface area contributed by atoms with E-state index in [4.69, 9.17) is 34.7 Å². The molecule has 2 unspecified atom stereocenters. The van der Waals surface area contributed by atoms with Gasteiger partial charge in [-0.05, 0) is 170 Å². The van der Waals surface area contributed by atoms with Crippen LogP contribution in [-0.4, -0.2) is 198 Å². The first-order valence-corrected chi connectivity index (χ1v) is 38.2. The van der Waals surface area contributed by atoms with Crippen molar-refractivity contribution in [2.75, 3.05) is 66.3 Å². The molecular formula is C87H99N6NaO22. The Morgan fingerprint density at radius 2 is 0.716 bits per heavy atom. The number of ketones is 1. The summed E-state index contributed by atoms with van der Waals surface area (Å²) >= 11 is 0. The predicted molar refractivity (Wildman–Crippen MR) is 420 cm³/mol. The molecule has 29 heteroatoms. The first kappa shape index (κ1) is 95.8. The third-order valence-corrected chi connectivity index (χ3v) is 18.2. The van der Waals surface area contributed by atoms with Crippen molar-refractivity contribution in [1.29, 1.82) is 0 Å². The Morgan fingerprint density at radius 1 is 0.405 bits per heavy atom. The van der Waals surface area contributed by atoms with Crippen LogP contribution in [0.2, 0.25) is 0 Å². The molecular weight excluding hydrogens is 1500 g/mol. The van der Waals surface area contributed by atoms with Gasteiger partial charge in [0.1, 0.15) is 12.1 Å². The third-order valence-electron chi connectivity index (χ3n) is 18.2. The number of aliphatic hydroxyl groups excluding tert-OH is 1. The van der Waals surface area contributed by atoms with Crippen molar-refractivity contribution in [3.8, 4) is 0 Å². The minimum absolute atomic E-state index is 0. The molecule has 2 atom stereocenters. The number of ether oxygens (including phenoxy) is 5. The van der Waals surface area contributed by atoms with E-state index in [-0.39, 0.29) is 119 Å². The van der Waals surface area contributed by atoms with Gasteiger partial charge >= 0.3 is 35.7 Å². The molecule has 0 aromatic heterocycles. The summed E-state index contributed by atoms with van der Waals surface area (Å²) in [5.41, 5.74) is 11.9. The smallest absolute Gasteiger partial charge is 0.662 e. The molecule has 0 saturated heterocycles. The maximum atomic E-state index is 12.2. The topological polar surface area (TPSA) is 380 Å². The number of methoxy groups -OCH3 is 1. The van der Waals surface area contributed by atoms with Crippen molar-refractivity contribution >= 4 is 83.7 Å². The van der Waals surface area contributed by atoms with Crippen LogP contribution in [0, 0.1) is 0 Å². The summed E-state index contributed by atoms with van der Waals surface area (Å²) in [6, 6.07) is 53.7. The number of imide groups is 7. The van der Waals surface area contributed by atoms with E-state index >= 15 is 0 Å². The van der Waals surface area contributed by atoms with Gasteiger partial charge < -0.3 is 49.5 Å². The van der Waals surface area contributed by atoms with E-state index in [9.17, 15) is 67.4 Å². The van der Waals surface area contributed by atoms with Crippen molar-refractivity contribution in [1.82, 2.24) is 24.5 Å². The summed E-state index contributed by atoms with van der Waals surface area (Å²) in [7, 11) is 1.65. The molecule has 5 heterocycles. The summed E-state index contributed by atoms with van der Waals surface area (Å²) in [4.78, 5) is 171. The van der Waals surface area contributed by atoms with E-state index in [1.54, 1.807) is 123 Å². The molecule has 0 saturated carbocycles. The van der Waals surface area contributed by atoms with Gasteiger partial charge in [0.25, 0.3) is 65.5 Å². The number of hydrogen-bond acceptors (Lipinski definition) is 23. The summed E-state index contributed by atoms with van der Waals surface area (Å²) < 4.78 is 25.8. The van der Waals surface area contributed by atoms with Crippen LogP contribution in [0.3, 0.4) is 0 Å². The molecule has 28 nitrogen and oxygen atoms in total. The van der Waals surface area contributed by atoms with Gasteiger partial charge in [-0.2, -0.15) is 4.90 Å². The van der Waals surface area contributed by atoms with Gasteiger partial charge in [0.15, 0.2) is 12.6 Å². The summed E-state index contributed by atoms with van der Waals surface area (Å²) in [6.45, 7) is 11.2. The summed E-state index contributed by atoms with van der Waals surface area (Å²) in [5.74, 6) is -2.99. The molecule has 3 N–H and O–H groups in total. The van der Waals surface area contributed by atoms with Crippen LogP contribution in [0.1, 0.15) is 219 Å². The monoisotopic (exact) mass is 1600 g/mol. The van der Waals surface area contributed by atoms with Crippen molar-refractivity contribution in [2.45, 2.75) is 136 Å². The van der Waals surface area contributed by atoms with E-state index in [2.05, 4.69) is 9.62 Å². The number of aliphatic hydroxyl groups is 1. The Bertz CT molecular complexity index is 4250. The second-order valence-electron chi connectivity index (χ2n) is 25.9. The molecule has 116 heavy (non-hydrogen) atoms. The van der Waals surface area contributed by atoms with Crippen LogP contribution in [0.5, 0.6) is 0 Å². The zero-order valence-electron chi connectivity index (χ0n) is 66.3. The Hall–Kier alpha value is -10.8. The minimum Gasteiger partial charge on any atom is -0.662 e. The first-order chi connectivity index (χ1) is 55.7. The van der Waals surface area contributed by atoms with Crippen LogP contribution < -0.4 is 40.5 Å². The normalized spacial score (nSPS) is 13.6. The third kappa shape index (κ3) is 28.0. The van der Waals surface area contributed by atoms with Crippen LogP contribution in [-0.2, 0) is 55.8 Å². The first-order valence-electron chi connectivity index (χ1n) is 38.2. The van der Waals surface area contributed by atoms with Crippen LogP contribution in [0.15, 0.2) is 182 Å².